The van der Waals surface area contributed by atoms with E-state index in [2.05, 4.69) is 17.1 Å². The van der Waals surface area contributed by atoms with Gasteiger partial charge in [-0.25, -0.2) is 8.42 Å². The molecule has 2 fully saturated rings. The predicted molar refractivity (Wildman–Crippen MR) is 66.9 cm³/mol. The topological polar surface area (TPSA) is 58.6 Å². The number of sulfone groups is 1. The van der Waals surface area contributed by atoms with Crippen molar-refractivity contribution >= 4 is 9.84 Å². The Labute approximate surface area is 103 Å². The SMILES string of the molecule is CN(CCOC1(C)CNC1)C1CCS(=O)(=O)C1. The molecular formula is C11H22N2O3S. The third-order valence-electron chi connectivity index (χ3n) is 3.72. The number of ether oxygens (including phenoxy) is 1. The molecule has 0 bridgehead atoms. The summed E-state index contributed by atoms with van der Waals surface area (Å²) in [6.45, 7) is 5.40. The van der Waals surface area contributed by atoms with Crippen molar-refractivity contribution in [1.29, 1.82) is 0 Å². The van der Waals surface area contributed by atoms with Crippen molar-refractivity contribution in [2.75, 3.05) is 44.8 Å². The van der Waals surface area contributed by atoms with Gasteiger partial charge in [-0.2, -0.15) is 0 Å². The summed E-state index contributed by atoms with van der Waals surface area (Å²) in [7, 11) is -0.798. The van der Waals surface area contributed by atoms with Crippen molar-refractivity contribution in [3.8, 4) is 0 Å². The number of nitrogens with one attached hydrogen (secondary N) is 1. The van der Waals surface area contributed by atoms with E-state index in [1.54, 1.807) is 0 Å². The first-order chi connectivity index (χ1) is 7.90. The van der Waals surface area contributed by atoms with Crippen LogP contribution in [0.3, 0.4) is 0 Å². The lowest BCUT2D eigenvalue weighted by molar-refractivity contribution is -0.0723. The van der Waals surface area contributed by atoms with Crippen LogP contribution in [0.15, 0.2) is 0 Å². The molecule has 0 aromatic rings. The Balaban J connectivity index is 1.69. The lowest BCUT2D eigenvalue weighted by Gasteiger charge is -2.39. The van der Waals surface area contributed by atoms with Crippen molar-refractivity contribution in [1.82, 2.24) is 10.2 Å². The van der Waals surface area contributed by atoms with E-state index in [0.717, 1.165) is 26.1 Å². The van der Waals surface area contributed by atoms with E-state index in [4.69, 9.17) is 4.74 Å². The molecule has 1 unspecified atom stereocenters. The number of nitrogens with zero attached hydrogens (tertiary/aromatic N) is 1. The Morgan fingerprint density at radius 3 is 2.65 bits per heavy atom. The molecule has 0 amide bonds. The highest BCUT2D eigenvalue weighted by atomic mass is 32.2. The van der Waals surface area contributed by atoms with Gasteiger partial charge in [0.2, 0.25) is 0 Å². The van der Waals surface area contributed by atoms with Gasteiger partial charge in [-0.1, -0.05) is 0 Å². The highest BCUT2D eigenvalue weighted by molar-refractivity contribution is 7.91. The molecule has 100 valence electrons. The molecule has 1 N–H and O–H groups in total. The van der Waals surface area contributed by atoms with Crippen LogP contribution in [0, 0.1) is 0 Å². The molecule has 2 rings (SSSR count). The Morgan fingerprint density at radius 2 is 2.18 bits per heavy atom. The molecule has 2 aliphatic rings. The van der Waals surface area contributed by atoms with Gasteiger partial charge in [0.25, 0.3) is 0 Å². The molecule has 6 heteroatoms. The highest BCUT2D eigenvalue weighted by Crippen LogP contribution is 2.18. The van der Waals surface area contributed by atoms with E-state index in [9.17, 15) is 8.42 Å². The third-order valence-corrected chi connectivity index (χ3v) is 5.47. The number of hydrogen-bond donors (Lipinski definition) is 1. The molecule has 0 aromatic carbocycles. The highest BCUT2D eigenvalue weighted by Gasteiger charge is 2.33. The molecule has 17 heavy (non-hydrogen) atoms. The fraction of sp³-hybridized carbons (Fsp3) is 1.00. The van der Waals surface area contributed by atoms with Crippen LogP contribution in [0.4, 0.5) is 0 Å². The summed E-state index contributed by atoms with van der Waals surface area (Å²) in [4.78, 5) is 2.11. The molecule has 0 spiro atoms. The first-order valence-electron chi connectivity index (χ1n) is 6.16. The average molecular weight is 262 g/mol. The largest absolute Gasteiger partial charge is 0.371 e. The van der Waals surface area contributed by atoms with E-state index >= 15 is 0 Å². The van der Waals surface area contributed by atoms with Crippen LogP contribution in [-0.2, 0) is 14.6 Å². The maximum Gasteiger partial charge on any atom is 0.151 e. The fourth-order valence-corrected chi connectivity index (χ4v) is 4.13. The summed E-state index contributed by atoms with van der Waals surface area (Å²) in [5.41, 5.74) is -0.0113. The van der Waals surface area contributed by atoms with Crippen LogP contribution in [0.25, 0.3) is 0 Å². The van der Waals surface area contributed by atoms with Crippen molar-refractivity contribution in [2.24, 2.45) is 0 Å². The number of rotatable bonds is 5. The van der Waals surface area contributed by atoms with Crippen LogP contribution in [0.1, 0.15) is 13.3 Å². The smallest absolute Gasteiger partial charge is 0.151 e. The summed E-state index contributed by atoms with van der Waals surface area (Å²) in [5.74, 6) is 0.646. The lowest BCUT2D eigenvalue weighted by atomic mass is 10.0. The lowest BCUT2D eigenvalue weighted by Crippen LogP contribution is -2.59. The van der Waals surface area contributed by atoms with Crippen molar-refractivity contribution in [3.63, 3.8) is 0 Å². The summed E-state index contributed by atoms with van der Waals surface area (Å²) in [6, 6.07) is 0.177. The summed E-state index contributed by atoms with van der Waals surface area (Å²) in [5, 5.41) is 3.19. The number of hydrogen-bond acceptors (Lipinski definition) is 5. The molecule has 2 aliphatic heterocycles. The maximum atomic E-state index is 11.4. The summed E-state index contributed by atoms with van der Waals surface area (Å²) in [6.07, 6.45) is 0.762. The third kappa shape index (κ3) is 3.40. The van der Waals surface area contributed by atoms with Gasteiger partial charge in [-0.05, 0) is 20.4 Å². The van der Waals surface area contributed by atoms with Crippen molar-refractivity contribution in [3.05, 3.63) is 0 Å². The van der Waals surface area contributed by atoms with Crippen LogP contribution in [0.5, 0.6) is 0 Å². The molecule has 1 atom stereocenters. The zero-order chi connectivity index (χ0) is 12.5. The standard InChI is InChI=1S/C11H22N2O3S/c1-11(8-12-9-11)16-5-4-13(2)10-3-6-17(14,15)7-10/h10,12H,3-9H2,1-2H3. The second-order valence-corrected chi connectivity index (χ2v) is 7.67. The van der Waals surface area contributed by atoms with E-state index in [1.807, 2.05) is 7.05 Å². The quantitative estimate of drug-likeness (QED) is 0.723. The Bertz CT molecular complexity index is 365. The van der Waals surface area contributed by atoms with Gasteiger partial charge in [0, 0.05) is 25.7 Å². The minimum absolute atomic E-state index is 0.0113. The van der Waals surface area contributed by atoms with Crippen LogP contribution < -0.4 is 5.32 Å². The number of likely N-dealkylation sites (N-methyl/N-ethyl adjacent to an activating group) is 1. The zero-order valence-electron chi connectivity index (χ0n) is 10.6. The second-order valence-electron chi connectivity index (χ2n) is 5.44. The Hall–Kier alpha value is -0.170. The first kappa shape index (κ1) is 13.3. The molecule has 2 heterocycles. The van der Waals surface area contributed by atoms with Gasteiger partial charge >= 0.3 is 0 Å². The van der Waals surface area contributed by atoms with Crippen LogP contribution in [-0.4, -0.2) is 69.8 Å². The fourth-order valence-electron chi connectivity index (χ4n) is 2.32. The minimum Gasteiger partial charge on any atom is -0.371 e. The van der Waals surface area contributed by atoms with Gasteiger partial charge in [-0.3, -0.25) is 0 Å². The zero-order valence-corrected chi connectivity index (χ0v) is 11.4. The van der Waals surface area contributed by atoms with E-state index in [0.29, 0.717) is 18.1 Å². The molecule has 0 saturated carbocycles. The molecular weight excluding hydrogens is 240 g/mol. The van der Waals surface area contributed by atoms with Gasteiger partial charge in [-0.15, -0.1) is 0 Å². The molecule has 0 radical (unpaired) electrons. The summed E-state index contributed by atoms with van der Waals surface area (Å²) >= 11 is 0. The molecule has 0 aliphatic carbocycles. The van der Waals surface area contributed by atoms with Gasteiger partial charge in [0.05, 0.1) is 23.7 Å². The van der Waals surface area contributed by atoms with E-state index in [1.165, 1.54) is 0 Å². The molecule has 2 saturated heterocycles. The first-order valence-corrected chi connectivity index (χ1v) is 7.98. The average Bonchev–Trinajstić information content (AvgIpc) is 2.56. The van der Waals surface area contributed by atoms with Gasteiger partial charge in [0.1, 0.15) is 0 Å². The van der Waals surface area contributed by atoms with E-state index < -0.39 is 9.84 Å². The Morgan fingerprint density at radius 1 is 1.47 bits per heavy atom. The monoisotopic (exact) mass is 262 g/mol. The Kier molecular flexibility index (Phi) is 3.77. The second kappa shape index (κ2) is 4.84. The predicted octanol–water partition coefficient (Wildman–Crippen LogP) is -0.516. The molecule has 5 nitrogen and oxygen atoms in total. The summed E-state index contributed by atoms with van der Waals surface area (Å²) < 4.78 is 28.5. The van der Waals surface area contributed by atoms with Crippen LogP contribution >= 0.6 is 0 Å². The van der Waals surface area contributed by atoms with Crippen molar-refractivity contribution in [2.45, 2.75) is 25.0 Å². The van der Waals surface area contributed by atoms with Crippen molar-refractivity contribution < 1.29 is 13.2 Å². The van der Waals surface area contributed by atoms with Gasteiger partial charge in [0.15, 0.2) is 9.84 Å². The minimum atomic E-state index is -2.78. The normalized spacial score (nSPS) is 30.4. The van der Waals surface area contributed by atoms with Gasteiger partial charge < -0.3 is 15.0 Å². The van der Waals surface area contributed by atoms with Crippen LogP contribution in [0.2, 0.25) is 0 Å². The molecule has 0 aromatic heterocycles. The van der Waals surface area contributed by atoms with E-state index in [-0.39, 0.29) is 11.6 Å². The maximum absolute atomic E-state index is 11.4.